The van der Waals surface area contributed by atoms with Crippen molar-refractivity contribution in [2.24, 2.45) is 5.92 Å². The third-order valence-corrected chi connectivity index (χ3v) is 6.66. The van der Waals surface area contributed by atoms with E-state index < -0.39 is 10.0 Å². The van der Waals surface area contributed by atoms with Crippen molar-refractivity contribution in [2.45, 2.75) is 43.5 Å². The topological polar surface area (TPSA) is 72.8 Å². The van der Waals surface area contributed by atoms with E-state index >= 15 is 0 Å². The van der Waals surface area contributed by atoms with Gasteiger partial charge in [0.05, 0.1) is 19.3 Å². The lowest BCUT2D eigenvalue weighted by atomic mass is 9.87. The van der Waals surface area contributed by atoms with Gasteiger partial charge in [0.25, 0.3) is 5.82 Å². The lowest BCUT2D eigenvalue weighted by Crippen LogP contribution is -2.41. The third kappa shape index (κ3) is 4.02. The van der Waals surface area contributed by atoms with E-state index in [2.05, 4.69) is 17.2 Å². The van der Waals surface area contributed by atoms with E-state index in [1.165, 1.54) is 30.0 Å². The monoisotopic (exact) mass is 340 g/mol. The van der Waals surface area contributed by atoms with Crippen LogP contribution in [0, 0.1) is 5.92 Å². The van der Waals surface area contributed by atoms with E-state index in [9.17, 15) is 8.42 Å². The molecule has 6 nitrogen and oxygen atoms in total. The predicted octanol–water partition coefficient (Wildman–Crippen LogP) is 1.51. The highest BCUT2D eigenvalue weighted by Gasteiger charge is 2.28. The number of ether oxygens (including phenoxy) is 1. The molecule has 0 aromatic carbocycles. The van der Waals surface area contributed by atoms with Crippen molar-refractivity contribution in [3.05, 3.63) is 18.3 Å². The first-order valence-corrected chi connectivity index (χ1v) is 9.86. The van der Waals surface area contributed by atoms with Crippen molar-refractivity contribution < 1.29 is 18.1 Å². The largest absolute Gasteiger partial charge is 0.379 e. The van der Waals surface area contributed by atoms with Gasteiger partial charge in [-0.1, -0.05) is 6.92 Å². The fraction of sp³-hybridized carbons (Fsp3) is 0.688. The summed E-state index contributed by atoms with van der Waals surface area (Å²) < 4.78 is 31.8. The number of aromatic amines is 1. The molecule has 0 radical (unpaired) electrons. The zero-order valence-electron chi connectivity index (χ0n) is 13.6. The first-order chi connectivity index (χ1) is 11.1. The van der Waals surface area contributed by atoms with E-state index in [0.717, 1.165) is 11.7 Å². The van der Waals surface area contributed by atoms with Crippen LogP contribution in [-0.2, 0) is 14.8 Å². The first kappa shape index (κ1) is 16.7. The summed E-state index contributed by atoms with van der Waals surface area (Å²) in [7, 11) is -3.42. The number of morpholine rings is 1. The lowest BCUT2D eigenvalue weighted by Gasteiger charge is -2.25. The number of rotatable bonds is 4. The summed E-state index contributed by atoms with van der Waals surface area (Å²) in [6.07, 6.45) is 6.42. The van der Waals surface area contributed by atoms with Crippen LogP contribution in [-0.4, -0.2) is 45.1 Å². The molecule has 23 heavy (non-hydrogen) atoms. The quantitative estimate of drug-likeness (QED) is 0.902. The maximum Gasteiger partial charge on any atom is 0.272 e. The summed E-state index contributed by atoms with van der Waals surface area (Å²) in [6.45, 7) is 4.06. The minimum Gasteiger partial charge on any atom is -0.379 e. The van der Waals surface area contributed by atoms with E-state index in [0.29, 0.717) is 37.2 Å². The molecule has 1 aliphatic heterocycles. The Hall–Kier alpha value is -1.18. The van der Waals surface area contributed by atoms with Gasteiger partial charge < -0.3 is 4.74 Å². The van der Waals surface area contributed by atoms with Crippen molar-refractivity contribution in [3.63, 3.8) is 0 Å². The number of nitrogens with one attached hydrogen (secondary N) is 2. The van der Waals surface area contributed by atoms with Crippen LogP contribution in [0.15, 0.2) is 23.2 Å². The molecule has 0 spiro atoms. The second-order valence-corrected chi connectivity index (χ2v) is 8.49. The SMILES string of the molecule is CC1CCC(Nc2ccc(S(=O)(=O)N3CCOCC3)c[nH+]2)CC1. The molecule has 3 rings (SSSR count). The van der Waals surface area contributed by atoms with Crippen LogP contribution >= 0.6 is 0 Å². The molecule has 0 amide bonds. The highest BCUT2D eigenvalue weighted by molar-refractivity contribution is 7.89. The van der Waals surface area contributed by atoms with Gasteiger partial charge in [-0.3, -0.25) is 5.32 Å². The molecule has 2 heterocycles. The van der Waals surface area contributed by atoms with Crippen LogP contribution in [0.2, 0.25) is 0 Å². The maximum atomic E-state index is 12.6. The zero-order chi connectivity index (χ0) is 16.3. The summed E-state index contributed by atoms with van der Waals surface area (Å²) in [5.74, 6) is 1.70. The first-order valence-electron chi connectivity index (χ1n) is 8.42. The molecule has 0 atom stereocenters. The lowest BCUT2D eigenvalue weighted by molar-refractivity contribution is -0.364. The molecule has 128 valence electrons. The third-order valence-electron chi connectivity index (χ3n) is 4.77. The highest BCUT2D eigenvalue weighted by atomic mass is 32.2. The van der Waals surface area contributed by atoms with Gasteiger partial charge in [-0.2, -0.15) is 4.31 Å². The Balaban J connectivity index is 1.64. The minimum absolute atomic E-state index is 0.308. The number of aromatic nitrogens is 1. The zero-order valence-corrected chi connectivity index (χ0v) is 14.4. The Bertz CT molecular complexity index is 604. The minimum atomic E-state index is -3.42. The molecule has 1 saturated heterocycles. The van der Waals surface area contributed by atoms with Crippen LogP contribution in [0.1, 0.15) is 32.6 Å². The highest BCUT2D eigenvalue weighted by Crippen LogP contribution is 2.25. The smallest absolute Gasteiger partial charge is 0.272 e. The van der Waals surface area contributed by atoms with E-state index in [-0.39, 0.29) is 0 Å². The molecule has 7 heteroatoms. The predicted molar refractivity (Wildman–Crippen MR) is 87.6 cm³/mol. The molecule has 1 aliphatic carbocycles. The Morgan fingerprint density at radius 2 is 1.87 bits per heavy atom. The van der Waals surface area contributed by atoms with E-state index in [1.54, 1.807) is 12.3 Å². The number of pyridine rings is 1. The number of hydrogen-bond acceptors (Lipinski definition) is 4. The van der Waals surface area contributed by atoms with Gasteiger partial charge in [-0.25, -0.2) is 13.4 Å². The summed E-state index contributed by atoms with van der Waals surface area (Å²) in [4.78, 5) is 3.40. The van der Waals surface area contributed by atoms with Crippen LogP contribution in [0.5, 0.6) is 0 Å². The Kier molecular flexibility index (Phi) is 5.18. The molecule has 2 aliphatic rings. The van der Waals surface area contributed by atoms with Gasteiger partial charge in [-0.05, 0) is 37.7 Å². The van der Waals surface area contributed by atoms with Crippen molar-refractivity contribution in [3.8, 4) is 0 Å². The van der Waals surface area contributed by atoms with E-state index in [1.807, 2.05) is 6.07 Å². The number of sulfonamides is 1. The molecular weight excluding hydrogens is 314 g/mol. The summed E-state index contributed by atoms with van der Waals surface area (Å²) in [5, 5.41) is 3.48. The molecule has 1 saturated carbocycles. The van der Waals surface area contributed by atoms with Gasteiger partial charge >= 0.3 is 0 Å². The van der Waals surface area contributed by atoms with Crippen molar-refractivity contribution >= 4 is 15.8 Å². The van der Waals surface area contributed by atoms with Crippen molar-refractivity contribution in [1.29, 1.82) is 0 Å². The van der Waals surface area contributed by atoms with Gasteiger partial charge in [0.2, 0.25) is 10.0 Å². The van der Waals surface area contributed by atoms with Crippen molar-refractivity contribution in [2.75, 3.05) is 31.6 Å². The second-order valence-electron chi connectivity index (χ2n) is 6.56. The fourth-order valence-electron chi connectivity index (χ4n) is 3.22. The van der Waals surface area contributed by atoms with Crippen LogP contribution < -0.4 is 10.3 Å². The summed E-state index contributed by atoms with van der Waals surface area (Å²) in [6, 6.07) is 3.98. The molecule has 2 N–H and O–H groups in total. The van der Waals surface area contributed by atoms with Crippen LogP contribution in [0.4, 0.5) is 5.82 Å². The Morgan fingerprint density at radius 3 is 2.48 bits per heavy atom. The van der Waals surface area contributed by atoms with Crippen molar-refractivity contribution in [1.82, 2.24) is 4.31 Å². The Morgan fingerprint density at radius 1 is 1.17 bits per heavy atom. The van der Waals surface area contributed by atoms with Gasteiger partial charge in [0, 0.05) is 19.2 Å². The van der Waals surface area contributed by atoms with Gasteiger partial charge in [0.15, 0.2) is 0 Å². The number of anilines is 1. The molecule has 0 unspecified atom stereocenters. The normalized spacial score (nSPS) is 26.8. The maximum absolute atomic E-state index is 12.6. The Labute approximate surface area is 138 Å². The number of hydrogen-bond donors (Lipinski definition) is 1. The average molecular weight is 340 g/mol. The molecular formula is C16H26N3O3S+. The molecule has 1 aromatic heterocycles. The van der Waals surface area contributed by atoms with Gasteiger partial charge in [0.1, 0.15) is 11.1 Å². The number of nitrogens with zero attached hydrogens (tertiary/aromatic N) is 1. The summed E-state index contributed by atoms with van der Waals surface area (Å²) >= 11 is 0. The number of H-pyrrole nitrogens is 1. The standard InChI is InChI=1S/C16H25N3O3S/c1-13-2-4-14(5-3-13)18-16-7-6-15(12-17-16)23(20,21)19-8-10-22-11-9-19/h6-7,12-14H,2-5,8-11H2,1H3,(H,17,18)/p+1. The van der Waals surface area contributed by atoms with Crippen LogP contribution in [0.3, 0.4) is 0 Å². The molecule has 2 fully saturated rings. The molecule has 1 aromatic rings. The van der Waals surface area contributed by atoms with Gasteiger partial charge in [-0.15, -0.1) is 0 Å². The molecule has 0 bridgehead atoms. The fourth-order valence-corrected chi connectivity index (χ4v) is 4.60. The van der Waals surface area contributed by atoms with E-state index in [4.69, 9.17) is 4.74 Å². The average Bonchev–Trinajstić information content (AvgIpc) is 2.58. The van der Waals surface area contributed by atoms with Crippen LogP contribution in [0.25, 0.3) is 0 Å². The second kappa shape index (κ2) is 7.15. The summed E-state index contributed by atoms with van der Waals surface area (Å²) in [5.41, 5.74) is 0.